The van der Waals surface area contributed by atoms with Gasteiger partial charge in [-0.25, -0.2) is 10.9 Å². The summed E-state index contributed by atoms with van der Waals surface area (Å²) in [7, 11) is 0. The van der Waals surface area contributed by atoms with Crippen molar-refractivity contribution in [3.05, 3.63) is 55.5 Å². The normalized spacial score (nSPS) is 11.1. The van der Waals surface area contributed by atoms with Crippen molar-refractivity contribution >= 4 is 70.6 Å². The Morgan fingerprint density at radius 3 is 1.46 bits per heavy atom. The minimum absolute atomic E-state index is 0.00303. The number of amides is 2. The van der Waals surface area contributed by atoms with Gasteiger partial charge in [0.15, 0.2) is 0 Å². The first-order chi connectivity index (χ1) is 13.2. The van der Waals surface area contributed by atoms with Crippen LogP contribution in [0.4, 0.5) is 0 Å². The van der Waals surface area contributed by atoms with Crippen LogP contribution < -0.4 is 10.9 Å². The van der Waals surface area contributed by atoms with E-state index in [0.717, 1.165) is 12.4 Å². The Morgan fingerprint density at radius 2 is 1.11 bits per heavy atom. The van der Waals surface area contributed by atoms with Gasteiger partial charge in [0.2, 0.25) is 0 Å². The fourth-order valence-electron chi connectivity index (χ4n) is 1.79. The molecule has 0 atom stereocenters. The van der Waals surface area contributed by atoms with E-state index >= 15 is 0 Å². The topological polar surface area (TPSA) is 123 Å². The molecule has 2 amide bonds. The van der Waals surface area contributed by atoms with Crippen LogP contribution in [0.15, 0.2) is 34.5 Å². The number of carbonyl (C=O) groups excluding carboxylic acids is 2. The van der Waals surface area contributed by atoms with E-state index in [1.54, 1.807) is 0 Å². The lowest BCUT2D eigenvalue weighted by Gasteiger charge is -2.03. The van der Waals surface area contributed by atoms with Crippen molar-refractivity contribution in [3.63, 3.8) is 0 Å². The number of rotatable bonds is 4. The van der Waals surface area contributed by atoms with E-state index in [1.165, 1.54) is 24.3 Å². The third kappa shape index (κ3) is 5.74. The number of nitrogens with zero attached hydrogens (tertiary/aromatic N) is 2. The van der Waals surface area contributed by atoms with E-state index in [-0.39, 0.29) is 42.7 Å². The van der Waals surface area contributed by atoms with Crippen molar-refractivity contribution in [2.75, 3.05) is 0 Å². The number of halogens is 4. The molecule has 0 unspecified atom stereocenters. The second-order valence-electron chi connectivity index (χ2n) is 5.05. The number of phenolic OH excluding ortho intramolecular Hbond substituents is 2. The Hall–Kier alpha value is -2.52. The molecule has 0 aliphatic rings. The average Bonchev–Trinajstić information content (AvgIpc) is 2.62. The Labute approximate surface area is 178 Å². The van der Waals surface area contributed by atoms with Crippen LogP contribution in [-0.2, 0) is 9.59 Å². The minimum Gasteiger partial charge on any atom is -0.506 e. The van der Waals surface area contributed by atoms with Crippen LogP contribution in [-0.4, -0.2) is 34.5 Å². The molecule has 28 heavy (non-hydrogen) atoms. The highest BCUT2D eigenvalue weighted by molar-refractivity contribution is 6.37. The summed E-state index contributed by atoms with van der Waals surface area (Å²) in [6.07, 6.45) is 2.10. The third-order valence-electron chi connectivity index (χ3n) is 3.06. The van der Waals surface area contributed by atoms with Gasteiger partial charge in [0, 0.05) is 21.2 Å². The number of aromatic hydroxyl groups is 2. The lowest BCUT2D eigenvalue weighted by atomic mass is 10.2. The zero-order valence-electron chi connectivity index (χ0n) is 13.6. The summed E-state index contributed by atoms with van der Waals surface area (Å²) in [5.74, 6) is -2.88. The first kappa shape index (κ1) is 21.8. The SMILES string of the molecule is O=C(N/N=C/c1cc(Cl)cc(Cl)c1O)C(=O)N/N=C/c1cc(Cl)cc(Cl)c1O. The monoisotopic (exact) mass is 462 g/mol. The second kappa shape index (κ2) is 9.61. The highest BCUT2D eigenvalue weighted by atomic mass is 35.5. The van der Waals surface area contributed by atoms with Crippen molar-refractivity contribution in [3.8, 4) is 11.5 Å². The van der Waals surface area contributed by atoms with Gasteiger partial charge in [0.05, 0.1) is 22.5 Å². The van der Waals surface area contributed by atoms with Gasteiger partial charge in [-0.3, -0.25) is 9.59 Å². The smallest absolute Gasteiger partial charge is 0.331 e. The van der Waals surface area contributed by atoms with E-state index in [9.17, 15) is 19.8 Å². The molecule has 8 nitrogen and oxygen atoms in total. The van der Waals surface area contributed by atoms with Crippen molar-refractivity contribution in [1.82, 2.24) is 10.9 Å². The van der Waals surface area contributed by atoms with Crippen LogP contribution in [0.25, 0.3) is 0 Å². The van der Waals surface area contributed by atoms with Crippen LogP contribution in [0.5, 0.6) is 11.5 Å². The van der Waals surface area contributed by atoms with Crippen molar-refractivity contribution in [2.45, 2.75) is 0 Å². The molecule has 0 heterocycles. The van der Waals surface area contributed by atoms with Gasteiger partial charge in [-0.2, -0.15) is 10.2 Å². The largest absolute Gasteiger partial charge is 0.506 e. The molecular weight excluding hydrogens is 454 g/mol. The Kier molecular flexibility index (Phi) is 7.47. The standard InChI is InChI=1S/C16H10Cl4N4O4/c17-9-1-7(13(25)11(19)3-9)5-21-23-15(27)16(28)24-22-6-8-2-10(18)4-12(20)14(8)26/h1-6,25-26H,(H,23,27)(H,24,28)/b21-5+,22-6+. The van der Waals surface area contributed by atoms with Crippen LogP contribution >= 0.6 is 46.4 Å². The summed E-state index contributed by atoms with van der Waals surface area (Å²) >= 11 is 23.1. The summed E-state index contributed by atoms with van der Waals surface area (Å²) < 4.78 is 0. The van der Waals surface area contributed by atoms with Gasteiger partial charge >= 0.3 is 11.8 Å². The summed E-state index contributed by atoms with van der Waals surface area (Å²) in [4.78, 5) is 23.3. The molecule has 0 bridgehead atoms. The van der Waals surface area contributed by atoms with Gasteiger partial charge in [-0.15, -0.1) is 0 Å². The van der Waals surface area contributed by atoms with E-state index in [1.807, 2.05) is 10.9 Å². The Bertz CT molecular complexity index is 916. The predicted molar refractivity (Wildman–Crippen MR) is 108 cm³/mol. The molecule has 2 rings (SSSR count). The number of carbonyl (C=O) groups is 2. The lowest BCUT2D eigenvalue weighted by molar-refractivity contribution is -0.139. The maximum Gasteiger partial charge on any atom is 0.331 e. The van der Waals surface area contributed by atoms with Crippen molar-refractivity contribution < 1.29 is 19.8 Å². The van der Waals surface area contributed by atoms with Crippen LogP contribution in [0.3, 0.4) is 0 Å². The molecule has 0 spiro atoms. The maximum atomic E-state index is 11.7. The van der Waals surface area contributed by atoms with Crippen LogP contribution in [0.2, 0.25) is 20.1 Å². The molecule has 0 aliphatic carbocycles. The summed E-state index contributed by atoms with van der Waals surface area (Å²) in [5, 5.41) is 27.0. The van der Waals surface area contributed by atoms with E-state index in [2.05, 4.69) is 10.2 Å². The van der Waals surface area contributed by atoms with E-state index < -0.39 is 11.8 Å². The molecule has 4 N–H and O–H groups in total. The molecule has 0 aromatic heterocycles. The zero-order valence-corrected chi connectivity index (χ0v) is 16.6. The molecule has 0 radical (unpaired) electrons. The first-order valence-corrected chi connectivity index (χ1v) is 8.72. The van der Waals surface area contributed by atoms with Gasteiger partial charge in [-0.05, 0) is 24.3 Å². The van der Waals surface area contributed by atoms with E-state index in [0.29, 0.717) is 0 Å². The Balaban J connectivity index is 1.96. The quantitative estimate of drug-likeness (QED) is 0.315. The molecule has 0 aliphatic heterocycles. The predicted octanol–water partition coefficient (Wildman–Crippen LogP) is 3.31. The molecule has 0 saturated carbocycles. The lowest BCUT2D eigenvalue weighted by Crippen LogP contribution is -2.35. The first-order valence-electron chi connectivity index (χ1n) is 7.21. The van der Waals surface area contributed by atoms with Crippen molar-refractivity contribution in [1.29, 1.82) is 0 Å². The number of hydrazone groups is 2. The highest BCUT2D eigenvalue weighted by Gasteiger charge is 2.12. The molecular formula is C16H10Cl4N4O4. The molecule has 12 heteroatoms. The average molecular weight is 464 g/mol. The maximum absolute atomic E-state index is 11.7. The van der Waals surface area contributed by atoms with Gasteiger partial charge in [-0.1, -0.05) is 46.4 Å². The van der Waals surface area contributed by atoms with Crippen LogP contribution in [0, 0.1) is 0 Å². The second-order valence-corrected chi connectivity index (χ2v) is 6.74. The van der Waals surface area contributed by atoms with Gasteiger partial charge in [0.25, 0.3) is 0 Å². The molecule has 146 valence electrons. The molecule has 2 aromatic rings. The Morgan fingerprint density at radius 1 is 0.750 bits per heavy atom. The third-order valence-corrected chi connectivity index (χ3v) is 4.07. The molecule has 2 aromatic carbocycles. The summed E-state index contributed by atoms with van der Waals surface area (Å²) in [5.41, 5.74) is 4.12. The number of hydrogen-bond donors (Lipinski definition) is 4. The van der Waals surface area contributed by atoms with Crippen molar-refractivity contribution in [2.24, 2.45) is 10.2 Å². The van der Waals surface area contributed by atoms with Crippen LogP contribution in [0.1, 0.15) is 11.1 Å². The number of benzene rings is 2. The fourth-order valence-corrected chi connectivity index (χ4v) is 2.81. The number of hydrogen-bond acceptors (Lipinski definition) is 6. The number of phenols is 2. The fraction of sp³-hybridized carbons (Fsp3) is 0. The molecule has 0 fully saturated rings. The zero-order chi connectivity index (χ0) is 20.8. The van der Waals surface area contributed by atoms with Gasteiger partial charge < -0.3 is 10.2 Å². The number of nitrogens with one attached hydrogen (secondary N) is 2. The summed E-state index contributed by atoms with van der Waals surface area (Å²) in [6.45, 7) is 0. The van der Waals surface area contributed by atoms with E-state index in [4.69, 9.17) is 46.4 Å². The minimum atomic E-state index is -1.14. The summed E-state index contributed by atoms with van der Waals surface area (Å²) in [6, 6.07) is 5.35. The highest BCUT2D eigenvalue weighted by Crippen LogP contribution is 2.30. The molecule has 0 saturated heterocycles. The van der Waals surface area contributed by atoms with Gasteiger partial charge in [0.1, 0.15) is 11.5 Å².